The maximum Gasteiger partial charge on any atom is 0.256 e. The summed E-state index contributed by atoms with van der Waals surface area (Å²) >= 11 is 0. The predicted molar refractivity (Wildman–Crippen MR) is 69.2 cm³/mol. The first-order chi connectivity index (χ1) is 8.96. The van der Waals surface area contributed by atoms with Crippen LogP contribution in [0.2, 0.25) is 0 Å². The molecule has 0 amide bonds. The molecule has 0 unspecified atom stereocenters. The van der Waals surface area contributed by atoms with Crippen molar-refractivity contribution in [2.45, 2.75) is 6.92 Å². The van der Waals surface area contributed by atoms with E-state index >= 15 is 0 Å². The van der Waals surface area contributed by atoms with Gasteiger partial charge in [0.05, 0.1) is 5.41 Å². The van der Waals surface area contributed by atoms with Crippen LogP contribution in [0.3, 0.4) is 0 Å². The molecule has 1 heterocycles. The van der Waals surface area contributed by atoms with Crippen molar-refractivity contribution in [1.82, 2.24) is 5.16 Å². The molecule has 0 saturated carbocycles. The van der Waals surface area contributed by atoms with E-state index in [4.69, 9.17) is 4.52 Å². The van der Waals surface area contributed by atoms with Crippen LogP contribution in [-0.2, 0) is 10.0 Å². The molecule has 1 aromatic heterocycles. The average molecular weight is 282 g/mol. The van der Waals surface area contributed by atoms with Gasteiger partial charge in [0.25, 0.3) is 10.0 Å². The number of nitrogens with zero attached hydrogens (tertiary/aromatic N) is 1. The highest BCUT2D eigenvalue weighted by molar-refractivity contribution is 7.95. The van der Waals surface area contributed by atoms with Gasteiger partial charge in [-0.05, 0) is 19.1 Å². The zero-order chi connectivity index (χ0) is 13.9. The largest absolute Gasteiger partial charge is 0.360 e. The van der Waals surface area contributed by atoms with E-state index in [0.717, 1.165) is 5.41 Å². The minimum atomic E-state index is -3.76. The molecule has 0 saturated heterocycles. The molecular formula is C12H11FN2O3S. The highest BCUT2D eigenvalue weighted by atomic mass is 32.2. The van der Waals surface area contributed by atoms with Crippen molar-refractivity contribution in [2.24, 2.45) is 0 Å². The Morgan fingerprint density at radius 1 is 1.37 bits per heavy atom. The molecule has 0 radical (unpaired) electrons. The van der Waals surface area contributed by atoms with Crippen molar-refractivity contribution in [3.05, 3.63) is 52.9 Å². The van der Waals surface area contributed by atoms with Gasteiger partial charge in [-0.15, -0.1) is 0 Å². The molecule has 0 fully saturated rings. The molecule has 2 aromatic rings. The fourth-order valence-corrected chi connectivity index (χ4v) is 2.15. The van der Waals surface area contributed by atoms with E-state index in [-0.39, 0.29) is 11.4 Å². The Hall–Kier alpha value is -2.15. The third-order valence-corrected chi connectivity index (χ3v) is 3.19. The number of sulfonamides is 1. The second-order valence-electron chi connectivity index (χ2n) is 3.79. The Kier molecular flexibility index (Phi) is 3.66. The van der Waals surface area contributed by atoms with Crippen molar-refractivity contribution in [2.75, 3.05) is 4.72 Å². The quantitative estimate of drug-likeness (QED) is 0.935. The first-order valence-electron chi connectivity index (χ1n) is 5.35. The van der Waals surface area contributed by atoms with E-state index < -0.39 is 15.8 Å². The van der Waals surface area contributed by atoms with Gasteiger partial charge in [-0.3, -0.25) is 4.72 Å². The summed E-state index contributed by atoms with van der Waals surface area (Å²) in [4.78, 5) is 0. The predicted octanol–water partition coefficient (Wildman–Crippen LogP) is 2.53. The minimum Gasteiger partial charge on any atom is -0.360 e. The molecule has 100 valence electrons. The third-order valence-electron chi connectivity index (χ3n) is 2.21. The summed E-state index contributed by atoms with van der Waals surface area (Å²) in [5, 5.41) is 4.37. The molecule has 0 spiro atoms. The van der Waals surface area contributed by atoms with Gasteiger partial charge in [0.15, 0.2) is 5.82 Å². The fraction of sp³-hybridized carbons (Fsp3) is 0.0833. The van der Waals surface area contributed by atoms with Crippen molar-refractivity contribution >= 4 is 21.9 Å². The lowest BCUT2D eigenvalue weighted by Gasteiger charge is -1.99. The lowest BCUT2D eigenvalue weighted by molar-refractivity contribution is 0.400. The van der Waals surface area contributed by atoms with Gasteiger partial charge >= 0.3 is 0 Å². The van der Waals surface area contributed by atoms with E-state index in [0.29, 0.717) is 5.76 Å². The molecule has 19 heavy (non-hydrogen) atoms. The molecule has 0 bridgehead atoms. The zero-order valence-corrected chi connectivity index (χ0v) is 10.8. The molecule has 2 rings (SSSR count). The van der Waals surface area contributed by atoms with Crippen LogP contribution in [0.1, 0.15) is 11.3 Å². The summed E-state index contributed by atoms with van der Waals surface area (Å²) in [6.45, 7) is 1.64. The average Bonchev–Trinajstić information content (AvgIpc) is 2.73. The topological polar surface area (TPSA) is 72.2 Å². The summed E-state index contributed by atoms with van der Waals surface area (Å²) < 4.78 is 43.6. The van der Waals surface area contributed by atoms with Crippen molar-refractivity contribution in [3.8, 4) is 0 Å². The summed E-state index contributed by atoms with van der Waals surface area (Å²) in [5.74, 6) is 0.0673. The molecule has 1 N–H and O–H groups in total. The van der Waals surface area contributed by atoms with Crippen LogP contribution in [0.5, 0.6) is 0 Å². The molecule has 1 aromatic carbocycles. The van der Waals surface area contributed by atoms with Crippen LogP contribution in [0.25, 0.3) is 6.08 Å². The minimum absolute atomic E-state index is 0.0793. The number of halogens is 1. The van der Waals surface area contributed by atoms with Crippen LogP contribution in [0.15, 0.2) is 40.3 Å². The van der Waals surface area contributed by atoms with Gasteiger partial charge in [0.1, 0.15) is 11.6 Å². The Balaban J connectivity index is 2.15. The Morgan fingerprint density at radius 3 is 2.74 bits per heavy atom. The van der Waals surface area contributed by atoms with Crippen LogP contribution in [0.4, 0.5) is 10.2 Å². The Bertz CT molecular complexity index is 707. The number of nitrogens with one attached hydrogen (secondary N) is 1. The van der Waals surface area contributed by atoms with E-state index in [9.17, 15) is 12.8 Å². The normalized spacial score (nSPS) is 11.9. The molecule has 0 aliphatic carbocycles. The molecule has 0 aliphatic rings. The lowest BCUT2D eigenvalue weighted by Crippen LogP contribution is -2.08. The van der Waals surface area contributed by atoms with E-state index in [1.807, 2.05) is 0 Å². The smallest absolute Gasteiger partial charge is 0.256 e. The van der Waals surface area contributed by atoms with Crippen molar-refractivity contribution < 1.29 is 17.3 Å². The lowest BCUT2D eigenvalue weighted by atomic mass is 10.2. The molecular weight excluding hydrogens is 271 g/mol. The van der Waals surface area contributed by atoms with Crippen LogP contribution >= 0.6 is 0 Å². The Morgan fingerprint density at radius 2 is 2.11 bits per heavy atom. The molecule has 7 heteroatoms. The zero-order valence-electron chi connectivity index (χ0n) is 10.00. The standard InChI is InChI=1S/C12H11FN2O3S/c1-9-8-12(14-18-9)15-19(16,17)7-6-10-4-2-3-5-11(10)13/h2-8H,1H3,(H,14,15)/b7-6+. The van der Waals surface area contributed by atoms with Crippen LogP contribution in [-0.4, -0.2) is 13.6 Å². The highest BCUT2D eigenvalue weighted by Crippen LogP contribution is 2.12. The molecule has 0 aliphatic heterocycles. The monoisotopic (exact) mass is 282 g/mol. The number of benzene rings is 1. The second-order valence-corrected chi connectivity index (χ2v) is 5.36. The number of aromatic nitrogens is 1. The van der Waals surface area contributed by atoms with E-state index in [2.05, 4.69) is 9.88 Å². The number of anilines is 1. The number of hydrogen-bond donors (Lipinski definition) is 1. The van der Waals surface area contributed by atoms with Crippen molar-refractivity contribution in [3.63, 3.8) is 0 Å². The van der Waals surface area contributed by atoms with Gasteiger partial charge in [0.2, 0.25) is 0 Å². The van der Waals surface area contributed by atoms with E-state index in [1.54, 1.807) is 13.0 Å². The van der Waals surface area contributed by atoms with Gasteiger partial charge < -0.3 is 4.52 Å². The van der Waals surface area contributed by atoms with Crippen molar-refractivity contribution in [1.29, 1.82) is 0 Å². The summed E-state index contributed by atoms with van der Waals surface area (Å²) in [6.07, 6.45) is 1.17. The Labute approximate surface area is 109 Å². The van der Waals surface area contributed by atoms with Gasteiger partial charge in [-0.2, -0.15) is 0 Å². The SMILES string of the molecule is Cc1cc(NS(=O)(=O)/C=C/c2ccccc2F)no1. The maximum absolute atomic E-state index is 13.3. The first kappa shape index (κ1) is 13.3. The third kappa shape index (κ3) is 3.65. The van der Waals surface area contributed by atoms with Gasteiger partial charge in [-0.25, -0.2) is 12.8 Å². The fourth-order valence-electron chi connectivity index (χ4n) is 1.37. The summed E-state index contributed by atoms with van der Waals surface area (Å²) in [7, 11) is -3.76. The second kappa shape index (κ2) is 5.23. The van der Waals surface area contributed by atoms with E-state index in [1.165, 1.54) is 30.3 Å². The number of rotatable bonds is 4. The number of hydrogen-bond acceptors (Lipinski definition) is 4. The molecule has 0 atom stereocenters. The number of aryl methyl sites for hydroxylation is 1. The first-order valence-corrected chi connectivity index (χ1v) is 6.90. The van der Waals surface area contributed by atoms with Gasteiger partial charge in [0, 0.05) is 11.6 Å². The summed E-state index contributed by atoms with van der Waals surface area (Å²) in [5.41, 5.74) is 0.184. The maximum atomic E-state index is 13.3. The van der Waals surface area contributed by atoms with Crippen LogP contribution in [0, 0.1) is 12.7 Å². The molecule has 5 nitrogen and oxygen atoms in total. The highest BCUT2D eigenvalue weighted by Gasteiger charge is 2.09. The van der Waals surface area contributed by atoms with Gasteiger partial charge in [-0.1, -0.05) is 23.4 Å². The summed E-state index contributed by atoms with van der Waals surface area (Å²) in [6, 6.07) is 7.30. The van der Waals surface area contributed by atoms with Crippen LogP contribution < -0.4 is 4.72 Å².